The van der Waals surface area contributed by atoms with Crippen LogP contribution in [-0.2, 0) is 9.47 Å². The number of aliphatic hydroxyl groups excluding tert-OH is 1. The van der Waals surface area contributed by atoms with E-state index in [1.165, 1.54) is 0 Å². The molecule has 68 valence electrons. The van der Waals surface area contributed by atoms with Gasteiger partial charge in [0.05, 0.1) is 6.10 Å². The normalized spacial score (nSPS) is 44.4. The first kappa shape index (κ1) is 8.23. The molecule has 0 aromatic heterocycles. The van der Waals surface area contributed by atoms with Gasteiger partial charge in [0, 0.05) is 0 Å². The molecule has 12 heavy (non-hydrogen) atoms. The topological polar surface area (TPSA) is 38.7 Å². The summed E-state index contributed by atoms with van der Waals surface area (Å²) in [6.45, 7) is 3.73. The van der Waals surface area contributed by atoms with Crippen molar-refractivity contribution in [2.75, 3.05) is 0 Å². The third kappa shape index (κ3) is 1.28. The van der Waals surface area contributed by atoms with Gasteiger partial charge in [0.2, 0.25) is 0 Å². The molecule has 0 spiro atoms. The van der Waals surface area contributed by atoms with Crippen LogP contribution in [0.25, 0.3) is 0 Å². The molecule has 2 rings (SSSR count). The maximum absolute atomic E-state index is 9.56. The zero-order valence-corrected chi connectivity index (χ0v) is 7.36. The number of ether oxygens (including phenoxy) is 2. The second-order valence-corrected chi connectivity index (χ2v) is 3.80. The van der Waals surface area contributed by atoms with E-state index in [1.54, 1.807) is 0 Å². The summed E-state index contributed by atoms with van der Waals surface area (Å²) < 4.78 is 11.1. The average Bonchev–Trinajstić information content (AvgIpc) is 2.25. The van der Waals surface area contributed by atoms with Crippen molar-refractivity contribution in [1.82, 2.24) is 0 Å². The average molecular weight is 170 g/mol. The highest BCUT2D eigenvalue weighted by Gasteiger charge is 2.44. The van der Waals surface area contributed by atoms with Gasteiger partial charge >= 0.3 is 0 Å². The minimum atomic E-state index is -0.551. The zero-order valence-electron chi connectivity index (χ0n) is 7.36. The first-order chi connectivity index (χ1) is 5.58. The summed E-state index contributed by atoms with van der Waals surface area (Å²) in [5, 5.41) is 9.56. The van der Waals surface area contributed by atoms with Gasteiger partial charge in [-0.1, -0.05) is 12.2 Å². The van der Waals surface area contributed by atoms with Crippen LogP contribution >= 0.6 is 0 Å². The van der Waals surface area contributed by atoms with E-state index in [1.807, 2.05) is 26.0 Å². The van der Waals surface area contributed by atoms with Crippen molar-refractivity contribution in [2.24, 2.45) is 0 Å². The Kier molecular flexibility index (Phi) is 1.75. The van der Waals surface area contributed by atoms with Crippen molar-refractivity contribution in [3.63, 3.8) is 0 Å². The molecule has 0 amide bonds. The van der Waals surface area contributed by atoms with E-state index in [9.17, 15) is 5.11 Å². The van der Waals surface area contributed by atoms with Crippen molar-refractivity contribution in [3.8, 4) is 0 Å². The Labute approximate surface area is 72.0 Å². The Morgan fingerprint density at radius 1 is 1.42 bits per heavy atom. The van der Waals surface area contributed by atoms with E-state index >= 15 is 0 Å². The van der Waals surface area contributed by atoms with E-state index in [4.69, 9.17) is 9.47 Å². The smallest absolute Gasteiger partial charge is 0.164 e. The summed E-state index contributed by atoms with van der Waals surface area (Å²) in [5.74, 6) is -0.551. The number of aliphatic hydroxyl groups is 1. The lowest BCUT2D eigenvalue weighted by Crippen LogP contribution is -2.36. The van der Waals surface area contributed by atoms with E-state index in [-0.39, 0.29) is 12.2 Å². The van der Waals surface area contributed by atoms with Gasteiger partial charge in [-0.25, -0.2) is 0 Å². The van der Waals surface area contributed by atoms with Crippen LogP contribution in [0.3, 0.4) is 0 Å². The molecule has 3 atom stereocenters. The standard InChI is InChI=1S/C9H14O3/c1-9(2)11-7-5-3-4-6(10)8(7)12-9/h3,5-8,10H,4H2,1-2H3/t6-,7-,8+/m0/s1. The lowest BCUT2D eigenvalue weighted by Gasteiger charge is -2.22. The van der Waals surface area contributed by atoms with Crippen LogP contribution in [0.2, 0.25) is 0 Å². The Hall–Kier alpha value is -0.380. The fraction of sp³-hybridized carbons (Fsp3) is 0.778. The summed E-state index contributed by atoms with van der Waals surface area (Å²) in [7, 11) is 0. The molecule has 0 saturated carbocycles. The maximum atomic E-state index is 9.56. The molecule has 1 aliphatic heterocycles. The van der Waals surface area contributed by atoms with E-state index < -0.39 is 11.9 Å². The minimum absolute atomic E-state index is 0.0660. The molecule has 1 saturated heterocycles. The second-order valence-electron chi connectivity index (χ2n) is 3.80. The quantitative estimate of drug-likeness (QED) is 0.547. The first-order valence-electron chi connectivity index (χ1n) is 4.29. The van der Waals surface area contributed by atoms with Gasteiger partial charge in [-0.3, -0.25) is 0 Å². The monoisotopic (exact) mass is 170 g/mol. The van der Waals surface area contributed by atoms with E-state index in [2.05, 4.69) is 0 Å². The van der Waals surface area contributed by atoms with Gasteiger partial charge in [0.25, 0.3) is 0 Å². The van der Waals surface area contributed by atoms with Crippen LogP contribution in [0.5, 0.6) is 0 Å². The Morgan fingerprint density at radius 2 is 2.17 bits per heavy atom. The lowest BCUT2D eigenvalue weighted by atomic mass is 9.99. The summed E-state index contributed by atoms with van der Waals surface area (Å²) in [4.78, 5) is 0. The highest BCUT2D eigenvalue weighted by molar-refractivity contribution is 5.06. The second kappa shape index (κ2) is 2.55. The Bertz CT molecular complexity index is 210. The molecule has 0 aromatic rings. The molecule has 1 heterocycles. The van der Waals surface area contributed by atoms with Crippen molar-refractivity contribution < 1.29 is 14.6 Å². The van der Waals surface area contributed by atoms with Gasteiger partial charge in [0.15, 0.2) is 5.79 Å². The SMILES string of the molecule is CC1(C)O[C@H]2[C@H](C=CC[C@@H]2O)O1. The van der Waals surface area contributed by atoms with Crippen molar-refractivity contribution in [1.29, 1.82) is 0 Å². The summed E-state index contributed by atoms with van der Waals surface area (Å²) in [6, 6.07) is 0. The lowest BCUT2D eigenvalue weighted by molar-refractivity contribution is -0.152. The molecular weight excluding hydrogens is 156 g/mol. The summed E-state index contributed by atoms with van der Waals surface area (Å²) >= 11 is 0. The van der Waals surface area contributed by atoms with Crippen LogP contribution in [0.1, 0.15) is 20.3 Å². The van der Waals surface area contributed by atoms with Gasteiger partial charge < -0.3 is 14.6 Å². The molecule has 0 unspecified atom stereocenters. The zero-order chi connectivity index (χ0) is 8.77. The molecule has 3 heteroatoms. The summed E-state index contributed by atoms with van der Waals surface area (Å²) in [5.41, 5.74) is 0. The highest BCUT2D eigenvalue weighted by Crippen LogP contribution is 2.33. The Balaban J connectivity index is 2.17. The number of hydrogen-bond donors (Lipinski definition) is 1. The van der Waals surface area contributed by atoms with Crippen LogP contribution in [0.4, 0.5) is 0 Å². The van der Waals surface area contributed by atoms with Gasteiger partial charge in [-0.05, 0) is 20.3 Å². The van der Waals surface area contributed by atoms with E-state index in [0.29, 0.717) is 6.42 Å². The predicted molar refractivity (Wildman–Crippen MR) is 43.6 cm³/mol. The van der Waals surface area contributed by atoms with Gasteiger partial charge in [-0.15, -0.1) is 0 Å². The molecule has 0 bridgehead atoms. The van der Waals surface area contributed by atoms with Crippen LogP contribution in [0, 0.1) is 0 Å². The highest BCUT2D eigenvalue weighted by atomic mass is 16.8. The van der Waals surface area contributed by atoms with E-state index in [0.717, 1.165) is 0 Å². The molecule has 2 aliphatic rings. The molecular formula is C9H14O3. The van der Waals surface area contributed by atoms with Crippen LogP contribution in [0.15, 0.2) is 12.2 Å². The fourth-order valence-corrected chi connectivity index (χ4v) is 1.75. The minimum Gasteiger partial charge on any atom is -0.390 e. The summed E-state index contributed by atoms with van der Waals surface area (Å²) in [6.07, 6.45) is 3.92. The number of fused-ring (bicyclic) bond motifs is 1. The third-order valence-electron chi connectivity index (χ3n) is 2.25. The number of hydrogen-bond acceptors (Lipinski definition) is 3. The number of rotatable bonds is 0. The van der Waals surface area contributed by atoms with Crippen molar-refractivity contribution in [2.45, 2.75) is 44.4 Å². The molecule has 3 nitrogen and oxygen atoms in total. The molecule has 1 aliphatic carbocycles. The van der Waals surface area contributed by atoms with Gasteiger partial charge in [0.1, 0.15) is 12.2 Å². The third-order valence-corrected chi connectivity index (χ3v) is 2.25. The predicted octanol–water partition coefficient (Wildman–Crippen LogP) is 0.827. The fourth-order valence-electron chi connectivity index (χ4n) is 1.75. The largest absolute Gasteiger partial charge is 0.390 e. The molecule has 1 fully saturated rings. The molecule has 0 aromatic carbocycles. The van der Waals surface area contributed by atoms with Crippen LogP contribution in [-0.4, -0.2) is 29.2 Å². The maximum Gasteiger partial charge on any atom is 0.164 e. The molecule has 0 radical (unpaired) electrons. The van der Waals surface area contributed by atoms with Crippen molar-refractivity contribution in [3.05, 3.63) is 12.2 Å². The Morgan fingerprint density at radius 3 is 2.83 bits per heavy atom. The van der Waals surface area contributed by atoms with Crippen LogP contribution < -0.4 is 0 Å². The van der Waals surface area contributed by atoms with Crippen molar-refractivity contribution >= 4 is 0 Å². The molecule has 1 N–H and O–H groups in total. The van der Waals surface area contributed by atoms with Gasteiger partial charge in [-0.2, -0.15) is 0 Å². The first-order valence-corrected chi connectivity index (χ1v) is 4.29.